The van der Waals surface area contributed by atoms with Crippen LogP contribution in [-0.2, 0) is 0 Å². The van der Waals surface area contributed by atoms with Gasteiger partial charge in [0.1, 0.15) is 0 Å². The maximum absolute atomic E-state index is 4.19. The van der Waals surface area contributed by atoms with Crippen molar-refractivity contribution in [2.45, 2.75) is 6.92 Å². The number of aromatic nitrogens is 1. The van der Waals surface area contributed by atoms with Crippen LogP contribution in [0.4, 0.5) is 0 Å². The lowest BCUT2D eigenvalue weighted by atomic mass is 10.2. The summed E-state index contributed by atoms with van der Waals surface area (Å²) in [5.41, 5.74) is 1.83. The van der Waals surface area contributed by atoms with Gasteiger partial charge in [-0.15, -0.1) is 0 Å². The summed E-state index contributed by atoms with van der Waals surface area (Å²) in [4.78, 5) is 8.30. The molecule has 0 aliphatic carbocycles. The molecule has 0 aliphatic heterocycles. The molecule has 0 saturated heterocycles. The van der Waals surface area contributed by atoms with Gasteiger partial charge in [-0.2, -0.15) is 0 Å². The minimum atomic E-state index is 0.915. The summed E-state index contributed by atoms with van der Waals surface area (Å²) in [7, 11) is 1.77. The van der Waals surface area contributed by atoms with Crippen LogP contribution >= 0.6 is 0 Å². The van der Waals surface area contributed by atoms with E-state index < -0.39 is 0 Å². The number of rotatable bonds is 2. The second kappa shape index (κ2) is 4.44. The van der Waals surface area contributed by atoms with Crippen molar-refractivity contribution < 1.29 is 0 Å². The van der Waals surface area contributed by atoms with Crippen LogP contribution in [0.3, 0.4) is 0 Å². The molecule has 0 atom stereocenters. The Kier molecular flexibility index (Phi) is 3.20. The first-order chi connectivity index (χ1) is 5.88. The molecular weight excluding hydrogens is 148 g/mol. The second-order valence-corrected chi connectivity index (χ2v) is 2.32. The molecule has 0 bridgehead atoms. The molecular formula is C10H12N2. The number of allylic oxidation sites excluding steroid dienone is 2. The van der Waals surface area contributed by atoms with Crippen LogP contribution in [0.2, 0.25) is 0 Å². The third-order valence-corrected chi connectivity index (χ3v) is 1.49. The fourth-order valence-electron chi connectivity index (χ4n) is 0.947. The van der Waals surface area contributed by atoms with Crippen molar-refractivity contribution in [2.75, 3.05) is 7.05 Å². The van der Waals surface area contributed by atoms with Gasteiger partial charge in [0.05, 0.1) is 11.4 Å². The Bertz CT molecular complexity index is 286. The van der Waals surface area contributed by atoms with Crippen molar-refractivity contribution in [1.29, 1.82) is 0 Å². The zero-order valence-electron chi connectivity index (χ0n) is 7.36. The third kappa shape index (κ3) is 2.02. The smallest absolute Gasteiger partial charge is 0.0881 e. The minimum Gasteiger partial charge on any atom is -0.286 e. The highest BCUT2D eigenvalue weighted by Gasteiger charge is 1.96. The first-order valence-corrected chi connectivity index (χ1v) is 3.89. The molecule has 0 aliphatic rings. The molecule has 0 saturated carbocycles. The van der Waals surface area contributed by atoms with Gasteiger partial charge in [0.2, 0.25) is 0 Å². The zero-order chi connectivity index (χ0) is 8.81. The van der Waals surface area contributed by atoms with Gasteiger partial charge in [0.25, 0.3) is 0 Å². The van der Waals surface area contributed by atoms with E-state index in [1.165, 1.54) is 0 Å². The monoisotopic (exact) mass is 160 g/mol. The highest BCUT2D eigenvalue weighted by molar-refractivity contribution is 6.07. The van der Waals surface area contributed by atoms with Crippen LogP contribution in [0.5, 0.6) is 0 Å². The quantitative estimate of drug-likeness (QED) is 0.608. The predicted octanol–water partition coefficient (Wildman–Crippen LogP) is 2.08. The van der Waals surface area contributed by atoms with E-state index in [-0.39, 0.29) is 0 Å². The Morgan fingerprint density at radius 3 is 2.83 bits per heavy atom. The lowest BCUT2D eigenvalue weighted by Gasteiger charge is -1.97. The molecule has 1 aromatic rings. The van der Waals surface area contributed by atoms with E-state index in [1.807, 2.05) is 37.3 Å². The summed E-state index contributed by atoms with van der Waals surface area (Å²) < 4.78 is 0. The maximum atomic E-state index is 4.19. The number of aliphatic imine (C=N–C) groups is 1. The molecule has 1 heterocycles. The molecule has 2 heteroatoms. The Labute approximate surface area is 72.7 Å². The highest BCUT2D eigenvalue weighted by Crippen LogP contribution is 1.97. The first-order valence-electron chi connectivity index (χ1n) is 3.89. The molecule has 0 spiro atoms. The summed E-state index contributed by atoms with van der Waals surface area (Å²) in [6.07, 6.45) is 5.67. The van der Waals surface area contributed by atoms with E-state index in [1.54, 1.807) is 13.2 Å². The average Bonchev–Trinajstić information content (AvgIpc) is 2.15. The maximum Gasteiger partial charge on any atom is 0.0881 e. The molecule has 2 nitrogen and oxygen atoms in total. The lowest BCUT2D eigenvalue weighted by Crippen LogP contribution is -1.98. The number of hydrogen-bond donors (Lipinski definition) is 0. The molecule has 62 valence electrons. The summed E-state index contributed by atoms with van der Waals surface area (Å²) in [5, 5.41) is 0. The molecule has 0 amide bonds. The van der Waals surface area contributed by atoms with Gasteiger partial charge < -0.3 is 0 Å². The molecule has 12 heavy (non-hydrogen) atoms. The fourth-order valence-corrected chi connectivity index (χ4v) is 0.947. The van der Waals surface area contributed by atoms with Crippen LogP contribution < -0.4 is 0 Å². The van der Waals surface area contributed by atoms with Crippen molar-refractivity contribution in [3.05, 3.63) is 42.2 Å². The molecule has 1 rings (SSSR count). The zero-order valence-corrected chi connectivity index (χ0v) is 7.36. The van der Waals surface area contributed by atoms with Gasteiger partial charge in [0.15, 0.2) is 0 Å². The normalized spacial score (nSPS) is 12.3. The van der Waals surface area contributed by atoms with Crippen LogP contribution in [0, 0.1) is 0 Å². The number of pyridine rings is 1. The average molecular weight is 160 g/mol. The lowest BCUT2D eigenvalue weighted by molar-refractivity contribution is 1.28. The van der Waals surface area contributed by atoms with Gasteiger partial charge in [0, 0.05) is 13.2 Å². The van der Waals surface area contributed by atoms with E-state index in [4.69, 9.17) is 0 Å². The van der Waals surface area contributed by atoms with Crippen molar-refractivity contribution in [3.63, 3.8) is 0 Å². The van der Waals surface area contributed by atoms with E-state index >= 15 is 0 Å². The molecule has 0 radical (unpaired) electrons. The predicted molar refractivity (Wildman–Crippen MR) is 51.5 cm³/mol. The molecule has 0 unspecified atom stereocenters. The van der Waals surface area contributed by atoms with E-state index in [9.17, 15) is 0 Å². The summed E-state index contributed by atoms with van der Waals surface area (Å²) >= 11 is 0. The summed E-state index contributed by atoms with van der Waals surface area (Å²) in [6, 6.07) is 5.80. The Balaban J connectivity index is 2.97. The molecule has 0 aromatic carbocycles. The SMILES string of the molecule is C/C=C\C(=NC)c1ccccn1. The summed E-state index contributed by atoms with van der Waals surface area (Å²) in [6.45, 7) is 1.97. The van der Waals surface area contributed by atoms with Gasteiger partial charge in [-0.25, -0.2) is 0 Å². The fraction of sp³-hybridized carbons (Fsp3) is 0.200. The van der Waals surface area contributed by atoms with Crippen LogP contribution in [-0.4, -0.2) is 17.7 Å². The van der Waals surface area contributed by atoms with Crippen molar-refractivity contribution >= 4 is 5.71 Å². The van der Waals surface area contributed by atoms with Crippen LogP contribution in [0.1, 0.15) is 12.6 Å². The van der Waals surface area contributed by atoms with E-state index in [0.717, 1.165) is 11.4 Å². The van der Waals surface area contributed by atoms with Gasteiger partial charge in [-0.1, -0.05) is 12.1 Å². The molecule has 0 fully saturated rings. The Morgan fingerprint density at radius 2 is 2.33 bits per heavy atom. The topological polar surface area (TPSA) is 25.2 Å². The number of hydrogen-bond acceptors (Lipinski definition) is 2. The molecule has 0 N–H and O–H groups in total. The number of nitrogens with zero attached hydrogens (tertiary/aromatic N) is 2. The highest BCUT2D eigenvalue weighted by atomic mass is 14.7. The van der Waals surface area contributed by atoms with E-state index in [2.05, 4.69) is 9.98 Å². The largest absolute Gasteiger partial charge is 0.286 e. The minimum absolute atomic E-state index is 0.915. The Hall–Kier alpha value is -1.44. The van der Waals surface area contributed by atoms with Gasteiger partial charge in [-0.3, -0.25) is 9.98 Å². The van der Waals surface area contributed by atoms with Crippen molar-refractivity contribution in [1.82, 2.24) is 4.98 Å². The van der Waals surface area contributed by atoms with Gasteiger partial charge >= 0.3 is 0 Å². The standard InChI is InChI=1S/C10H12N2/c1-3-6-9(11-2)10-7-4-5-8-12-10/h3-8H,1-2H3/b6-3-,11-9?. The van der Waals surface area contributed by atoms with Crippen LogP contribution in [0.25, 0.3) is 0 Å². The Morgan fingerprint density at radius 1 is 1.50 bits per heavy atom. The van der Waals surface area contributed by atoms with Crippen molar-refractivity contribution in [2.24, 2.45) is 4.99 Å². The third-order valence-electron chi connectivity index (χ3n) is 1.49. The van der Waals surface area contributed by atoms with Gasteiger partial charge in [-0.05, 0) is 25.1 Å². The first kappa shape index (κ1) is 8.65. The summed E-state index contributed by atoms with van der Waals surface area (Å²) in [5.74, 6) is 0. The van der Waals surface area contributed by atoms with E-state index in [0.29, 0.717) is 0 Å². The molecule has 1 aromatic heterocycles. The van der Waals surface area contributed by atoms with Crippen molar-refractivity contribution in [3.8, 4) is 0 Å². The second-order valence-electron chi connectivity index (χ2n) is 2.32. The van der Waals surface area contributed by atoms with Crippen LogP contribution in [0.15, 0.2) is 41.5 Å².